The number of carbonyl (C=O) groups excluding carboxylic acids is 2. The number of halogens is 1. The maximum absolute atomic E-state index is 11.8. The van der Waals surface area contributed by atoms with Crippen molar-refractivity contribution < 1.29 is 9.59 Å². The van der Waals surface area contributed by atoms with Crippen LogP contribution in [0.4, 0.5) is 5.13 Å². The smallest absolute Gasteiger partial charge is 0.260 e. The van der Waals surface area contributed by atoms with Crippen LogP contribution in [0.3, 0.4) is 0 Å². The Labute approximate surface area is 131 Å². The van der Waals surface area contributed by atoms with Gasteiger partial charge in [0.15, 0.2) is 5.13 Å². The summed E-state index contributed by atoms with van der Waals surface area (Å²) in [6, 6.07) is 7.55. The molecule has 1 aromatic carbocycles. The minimum absolute atomic E-state index is 0.130. The second kappa shape index (κ2) is 7.19. The lowest BCUT2D eigenvalue weighted by molar-refractivity contribution is -0.116. The quantitative estimate of drug-likeness (QED) is 0.857. The van der Waals surface area contributed by atoms with Gasteiger partial charge in [-0.25, -0.2) is 4.98 Å². The molecular weight excluding hydrogens is 310 g/mol. The van der Waals surface area contributed by atoms with Gasteiger partial charge < -0.3 is 11.1 Å². The summed E-state index contributed by atoms with van der Waals surface area (Å²) in [7, 11) is 0. The summed E-state index contributed by atoms with van der Waals surface area (Å²) < 4.78 is 0. The number of carbonyl (C=O) groups is 2. The fourth-order valence-corrected chi connectivity index (χ4v) is 2.54. The Balaban J connectivity index is 1.76. The maximum atomic E-state index is 11.8. The zero-order chi connectivity index (χ0) is 15.2. The molecule has 0 saturated heterocycles. The molecule has 7 heteroatoms. The van der Waals surface area contributed by atoms with Gasteiger partial charge in [0.05, 0.1) is 6.20 Å². The number of benzene rings is 1. The third-order valence-electron chi connectivity index (χ3n) is 2.78. The molecule has 0 saturated carbocycles. The van der Waals surface area contributed by atoms with Gasteiger partial charge in [-0.1, -0.05) is 35.1 Å². The molecule has 0 spiro atoms. The summed E-state index contributed by atoms with van der Waals surface area (Å²) in [4.78, 5) is 26.9. The van der Waals surface area contributed by atoms with E-state index in [0.717, 1.165) is 29.7 Å². The number of amides is 2. The van der Waals surface area contributed by atoms with E-state index in [1.165, 1.54) is 6.20 Å². The van der Waals surface area contributed by atoms with Crippen molar-refractivity contribution in [2.75, 3.05) is 5.32 Å². The van der Waals surface area contributed by atoms with Gasteiger partial charge in [0, 0.05) is 11.4 Å². The van der Waals surface area contributed by atoms with Gasteiger partial charge in [0.1, 0.15) is 4.88 Å². The molecular formula is C14H14ClN3O2S. The maximum Gasteiger partial charge on any atom is 0.260 e. The lowest BCUT2D eigenvalue weighted by Gasteiger charge is -2.02. The van der Waals surface area contributed by atoms with Crippen molar-refractivity contribution in [1.82, 2.24) is 4.98 Å². The second-order valence-electron chi connectivity index (χ2n) is 4.42. The third-order valence-corrected chi connectivity index (χ3v) is 3.96. The summed E-state index contributed by atoms with van der Waals surface area (Å²) in [6.07, 6.45) is 3.26. The molecule has 2 amide bonds. The first-order valence-corrected chi connectivity index (χ1v) is 7.54. The highest BCUT2D eigenvalue weighted by Crippen LogP contribution is 2.18. The number of aromatic nitrogens is 1. The molecule has 0 radical (unpaired) electrons. The normalized spacial score (nSPS) is 10.3. The van der Waals surface area contributed by atoms with Crippen molar-refractivity contribution in [2.24, 2.45) is 5.73 Å². The molecule has 5 nitrogen and oxygen atoms in total. The average Bonchev–Trinajstić information content (AvgIpc) is 2.90. The van der Waals surface area contributed by atoms with Crippen LogP contribution in [0.1, 0.15) is 28.1 Å². The summed E-state index contributed by atoms with van der Waals surface area (Å²) in [6.45, 7) is 0. The van der Waals surface area contributed by atoms with Crippen molar-refractivity contribution >= 4 is 39.9 Å². The van der Waals surface area contributed by atoms with E-state index >= 15 is 0 Å². The summed E-state index contributed by atoms with van der Waals surface area (Å²) >= 11 is 6.88. The average molecular weight is 324 g/mol. The lowest BCUT2D eigenvalue weighted by Crippen LogP contribution is -2.11. The van der Waals surface area contributed by atoms with Gasteiger partial charge in [-0.15, -0.1) is 0 Å². The van der Waals surface area contributed by atoms with Gasteiger partial charge in [-0.3, -0.25) is 9.59 Å². The van der Waals surface area contributed by atoms with Crippen LogP contribution in [-0.2, 0) is 11.2 Å². The molecule has 3 N–H and O–H groups in total. The van der Waals surface area contributed by atoms with Crippen LogP contribution in [0.15, 0.2) is 30.5 Å². The van der Waals surface area contributed by atoms with Crippen LogP contribution >= 0.6 is 22.9 Å². The van der Waals surface area contributed by atoms with Crippen LogP contribution in [0, 0.1) is 0 Å². The van der Waals surface area contributed by atoms with Crippen LogP contribution in [0.25, 0.3) is 0 Å². The number of anilines is 1. The van der Waals surface area contributed by atoms with Crippen molar-refractivity contribution in [3.05, 3.63) is 45.9 Å². The molecule has 1 heterocycles. The standard InChI is InChI=1S/C14H14ClN3O2S/c15-10-6-4-9(5-7-10)2-1-3-12(19)18-14-17-8-11(21-14)13(16)20/h4-8H,1-3H2,(H2,16,20)(H,17,18,19). The molecule has 1 aromatic heterocycles. The van der Waals surface area contributed by atoms with Gasteiger partial charge in [-0.05, 0) is 30.5 Å². The van der Waals surface area contributed by atoms with Crippen LogP contribution in [0.5, 0.6) is 0 Å². The Morgan fingerprint density at radius 3 is 2.62 bits per heavy atom. The molecule has 0 aliphatic rings. The number of rotatable bonds is 6. The molecule has 0 atom stereocenters. The van der Waals surface area contributed by atoms with E-state index in [1.807, 2.05) is 24.3 Å². The van der Waals surface area contributed by atoms with E-state index in [4.69, 9.17) is 17.3 Å². The van der Waals surface area contributed by atoms with Crippen molar-refractivity contribution in [3.8, 4) is 0 Å². The number of thiazole rings is 1. The molecule has 0 aliphatic carbocycles. The molecule has 0 unspecified atom stereocenters. The predicted molar refractivity (Wildman–Crippen MR) is 83.7 cm³/mol. The first-order chi connectivity index (χ1) is 10.0. The second-order valence-corrected chi connectivity index (χ2v) is 5.89. The predicted octanol–water partition coefficient (Wildman–Crippen LogP) is 2.86. The Kier molecular flexibility index (Phi) is 5.30. The van der Waals surface area contributed by atoms with Gasteiger partial charge in [0.25, 0.3) is 5.91 Å². The molecule has 110 valence electrons. The monoisotopic (exact) mass is 323 g/mol. The molecule has 2 aromatic rings. The van der Waals surface area contributed by atoms with Crippen molar-refractivity contribution in [3.63, 3.8) is 0 Å². The fraction of sp³-hybridized carbons (Fsp3) is 0.214. The molecule has 0 fully saturated rings. The SMILES string of the molecule is NC(=O)c1cnc(NC(=O)CCCc2ccc(Cl)cc2)s1. The van der Waals surface area contributed by atoms with Gasteiger partial charge in [0.2, 0.25) is 5.91 Å². The fourth-order valence-electron chi connectivity index (χ4n) is 1.73. The summed E-state index contributed by atoms with van der Waals surface area (Å²) in [5.41, 5.74) is 6.26. The molecule has 0 bridgehead atoms. The highest BCUT2D eigenvalue weighted by Gasteiger charge is 2.09. The number of nitrogens with one attached hydrogen (secondary N) is 1. The highest BCUT2D eigenvalue weighted by molar-refractivity contribution is 7.17. The van der Waals surface area contributed by atoms with Gasteiger partial charge in [-0.2, -0.15) is 0 Å². The molecule has 2 rings (SSSR count). The number of aryl methyl sites for hydroxylation is 1. The minimum Gasteiger partial charge on any atom is -0.365 e. The highest BCUT2D eigenvalue weighted by atomic mass is 35.5. The van der Waals surface area contributed by atoms with Crippen LogP contribution < -0.4 is 11.1 Å². The number of hydrogen-bond acceptors (Lipinski definition) is 4. The van der Waals surface area contributed by atoms with E-state index in [9.17, 15) is 9.59 Å². The van der Waals surface area contributed by atoms with E-state index in [-0.39, 0.29) is 5.91 Å². The first kappa shape index (κ1) is 15.5. The molecule has 21 heavy (non-hydrogen) atoms. The van der Waals surface area contributed by atoms with E-state index in [1.54, 1.807) is 0 Å². The zero-order valence-electron chi connectivity index (χ0n) is 11.1. The van der Waals surface area contributed by atoms with Crippen molar-refractivity contribution in [1.29, 1.82) is 0 Å². The van der Waals surface area contributed by atoms with E-state index < -0.39 is 5.91 Å². The summed E-state index contributed by atoms with van der Waals surface area (Å²) in [5, 5.41) is 3.74. The topological polar surface area (TPSA) is 85.1 Å². The first-order valence-electron chi connectivity index (χ1n) is 6.34. The number of hydrogen-bond donors (Lipinski definition) is 2. The lowest BCUT2D eigenvalue weighted by atomic mass is 10.1. The van der Waals surface area contributed by atoms with Crippen molar-refractivity contribution in [2.45, 2.75) is 19.3 Å². The minimum atomic E-state index is -0.546. The molecule has 0 aliphatic heterocycles. The van der Waals surface area contributed by atoms with Crippen LogP contribution in [-0.4, -0.2) is 16.8 Å². The van der Waals surface area contributed by atoms with E-state index in [0.29, 0.717) is 21.5 Å². The Bertz CT molecular complexity index is 640. The number of nitrogens with two attached hydrogens (primary N) is 1. The van der Waals surface area contributed by atoms with Crippen LogP contribution in [0.2, 0.25) is 5.02 Å². The Morgan fingerprint density at radius 1 is 1.29 bits per heavy atom. The third kappa shape index (κ3) is 4.84. The number of nitrogens with zero attached hydrogens (tertiary/aromatic N) is 1. The summed E-state index contributed by atoms with van der Waals surface area (Å²) in [5.74, 6) is -0.676. The Morgan fingerprint density at radius 2 is 2.00 bits per heavy atom. The zero-order valence-corrected chi connectivity index (χ0v) is 12.7. The largest absolute Gasteiger partial charge is 0.365 e. The number of primary amides is 1. The Hall–Kier alpha value is -1.92. The van der Waals surface area contributed by atoms with E-state index in [2.05, 4.69) is 10.3 Å². The van der Waals surface area contributed by atoms with Gasteiger partial charge >= 0.3 is 0 Å².